The first-order valence-electron chi connectivity index (χ1n) is 9.59. The lowest BCUT2D eigenvalue weighted by atomic mass is 9.81. The second-order valence-electron chi connectivity index (χ2n) is 8.12. The standard InChI is InChI=1S/C22H27ClN2O3/c1-22(2,3)28-21(26)25-12-11-17(15-27-20-10-9-18(23)13-24-20)19(14-25)16-7-5-4-6-8-16/h4-10,13,17,19H,11-12,14-15H2,1-3H3/t17-,19-/m1/s1. The summed E-state index contributed by atoms with van der Waals surface area (Å²) in [7, 11) is 0. The van der Waals surface area contributed by atoms with Crippen molar-refractivity contribution in [2.45, 2.75) is 38.7 Å². The van der Waals surface area contributed by atoms with E-state index in [2.05, 4.69) is 17.1 Å². The zero-order chi connectivity index (χ0) is 20.1. The van der Waals surface area contributed by atoms with Crippen LogP contribution in [-0.2, 0) is 4.74 Å². The van der Waals surface area contributed by atoms with Crippen LogP contribution in [0.2, 0.25) is 5.02 Å². The molecule has 1 aliphatic heterocycles. The lowest BCUT2D eigenvalue weighted by molar-refractivity contribution is 0.0129. The molecule has 0 N–H and O–H groups in total. The highest BCUT2D eigenvalue weighted by Crippen LogP contribution is 2.33. The highest BCUT2D eigenvalue weighted by Gasteiger charge is 2.34. The van der Waals surface area contributed by atoms with Gasteiger partial charge in [0.15, 0.2) is 0 Å². The molecule has 150 valence electrons. The van der Waals surface area contributed by atoms with Crippen molar-refractivity contribution in [2.75, 3.05) is 19.7 Å². The summed E-state index contributed by atoms with van der Waals surface area (Å²) in [5.74, 6) is 1.01. The maximum Gasteiger partial charge on any atom is 0.410 e. The summed E-state index contributed by atoms with van der Waals surface area (Å²) in [6.45, 7) is 7.47. The summed E-state index contributed by atoms with van der Waals surface area (Å²) >= 11 is 5.89. The maximum atomic E-state index is 12.6. The van der Waals surface area contributed by atoms with E-state index < -0.39 is 5.60 Å². The van der Waals surface area contributed by atoms with Gasteiger partial charge in [-0.15, -0.1) is 0 Å². The van der Waals surface area contributed by atoms with Crippen LogP contribution in [0.5, 0.6) is 5.88 Å². The van der Waals surface area contributed by atoms with Crippen LogP contribution in [0.25, 0.3) is 0 Å². The molecule has 1 saturated heterocycles. The molecular formula is C22H27ClN2O3. The molecular weight excluding hydrogens is 376 g/mol. The van der Waals surface area contributed by atoms with Crippen molar-refractivity contribution < 1.29 is 14.3 Å². The first kappa shape index (κ1) is 20.5. The number of likely N-dealkylation sites (tertiary alicyclic amines) is 1. The molecule has 2 atom stereocenters. The summed E-state index contributed by atoms with van der Waals surface area (Å²) < 4.78 is 11.5. The minimum Gasteiger partial charge on any atom is -0.477 e. The van der Waals surface area contributed by atoms with Crippen molar-refractivity contribution in [3.63, 3.8) is 0 Å². The number of pyridine rings is 1. The van der Waals surface area contributed by atoms with E-state index in [1.807, 2.05) is 39.0 Å². The average molecular weight is 403 g/mol. The maximum absolute atomic E-state index is 12.6. The van der Waals surface area contributed by atoms with E-state index in [9.17, 15) is 4.79 Å². The fraction of sp³-hybridized carbons (Fsp3) is 0.455. The Balaban J connectivity index is 1.71. The van der Waals surface area contributed by atoms with Crippen LogP contribution in [0.15, 0.2) is 48.7 Å². The number of hydrogen-bond acceptors (Lipinski definition) is 4. The minimum atomic E-state index is -0.500. The highest BCUT2D eigenvalue weighted by atomic mass is 35.5. The van der Waals surface area contributed by atoms with Gasteiger partial charge in [-0.2, -0.15) is 0 Å². The van der Waals surface area contributed by atoms with Gasteiger partial charge < -0.3 is 14.4 Å². The van der Waals surface area contributed by atoms with Crippen molar-refractivity contribution in [2.24, 2.45) is 5.92 Å². The molecule has 28 heavy (non-hydrogen) atoms. The topological polar surface area (TPSA) is 51.7 Å². The van der Waals surface area contributed by atoms with Crippen LogP contribution in [0.1, 0.15) is 38.7 Å². The SMILES string of the molecule is CC(C)(C)OC(=O)N1CC[C@H](COc2ccc(Cl)cn2)[C@@H](c2ccccc2)C1. The van der Waals surface area contributed by atoms with Gasteiger partial charge in [0.2, 0.25) is 5.88 Å². The molecule has 0 spiro atoms. The van der Waals surface area contributed by atoms with E-state index >= 15 is 0 Å². The predicted octanol–water partition coefficient (Wildman–Crippen LogP) is 5.15. The Hall–Kier alpha value is -2.27. The normalized spacial score (nSPS) is 19.9. The van der Waals surface area contributed by atoms with Crippen molar-refractivity contribution in [1.29, 1.82) is 0 Å². The van der Waals surface area contributed by atoms with Gasteiger partial charge in [-0.25, -0.2) is 9.78 Å². The van der Waals surface area contributed by atoms with E-state index in [-0.39, 0.29) is 17.9 Å². The van der Waals surface area contributed by atoms with Gasteiger partial charge in [0, 0.05) is 37.2 Å². The molecule has 1 aromatic heterocycles. The number of halogens is 1. The Morgan fingerprint density at radius 1 is 1.21 bits per heavy atom. The summed E-state index contributed by atoms with van der Waals surface area (Å²) in [6.07, 6.45) is 2.16. The Kier molecular flexibility index (Phi) is 6.45. The van der Waals surface area contributed by atoms with Crippen LogP contribution in [-0.4, -0.2) is 41.3 Å². The number of ether oxygens (including phenoxy) is 2. The summed E-state index contributed by atoms with van der Waals surface area (Å²) in [5, 5.41) is 0.584. The predicted molar refractivity (Wildman–Crippen MR) is 110 cm³/mol. The third kappa shape index (κ3) is 5.61. The van der Waals surface area contributed by atoms with Crippen LogP contribution in [0.3, 0.4) is 0 Å². The second-order valence-corrected chi connectivity index (χ2v) is 8.55. The smallest absolute Gasteiger partial charge is 0.410 e. The number of carbonyl (C=O) groups excluding carboxylic acids is 1. The van der Waals surface area contributed by atoms with Gasteiger partial charge >= 0.3 is 6.09 Å². The van der Waals surface area contributed by atoms with Gasteiger partial charge in [-0.3, -0.25) is 0 Å². The largest absolute Gasteiger partial charge is 0.477 e. The van der Waals surface area contributed by atoms with E-state index in [1.54, 1.807) is 23.2 Å². The Morgan fingerprint density at radius 3 is 2.61 bits per heavy atom. The van der Waals surface area contributed by atoms with E-state index in [4.69, 9.17) is 21.1 Å². The van der Waals surface area contributed by atoms with Crippen LogP contribution in [0, 0.1) is 5.92 Å². The van der Waals surface area contributed by atoms with Crippen LogP contribution < -0.4 is 4.74 Å². The molecule has 0 saturated carbocycles. The number of benzene rings is 1. The number of aromatic nitrogens is 1. The third-order valence-electron chi connectivity index (χ3n) is 4.78. The van der Waals surface area contributed by atoms with E-state index in [0.717, 1.165) is 6.42 Å². The number of nitrogens with zero attached hydrogens (tertiary/aromatic N) is 2. The number of hydrogen-bond donors (Lipinski definition) is 0. The Bertz CT molecular complexity index is 775. The van der Waals surface area contributed by atoms with Crippen molar-refractivity contribution in [3.8, 4) is 5.88 Å². The van der Waals surface area contributed by atoms with Crippen LogP contribution >= 0.6 is 11.6 Å². The number of rotatable bonds is 4. The zero-order valence-electron chi connectivity index (χ0n) is 16.6. The lowest BCUT2D eigenvalue weighted by Gasteiger charge is -2.39. The van der Waals surface area contributed by atoms with E-state index in [0.29, 0.717) is 30.6 Å². The lowest BCUT2D eigenvalue weighted by Crippen LogP contribution is -2.46. The molecule has 0 unspecified atom stereocenters. The molecule has 2 aromatic rings. The summed E-state index contributed by atoms with van der Waals surface area (Å²) in [6, 6.07) is 13.8. The zero-order valence-corrected chi connectivity index (χ0v) is 17.4. The Labute approximate surface area is 171 Å². The van der Waals surface area contributed by atoms with Gasteiger partial charge in [0.05, 0.1) is 11.6 Å². The molecule has 5 nitrogen and oxygen atoms in total. The number of piperidine rings is 1. The Morgan fingerprint density at radius 2 is 1.96 bits per heavy atom. The minimum absolute atomic E-state index is 0.176. The van der Waals surface area contributed by atoms with E-state index in [1.165, 1.54) is 5.56 Å². The quantitative estimate of drug-likeness (QED) is 0.709. The van der Waals surface area contributed by atoms with Crippen LogP contribution in [0.4, 0.5) is 4.79 Å². The van der Waals surface area contributed by atoms with Crippen molar-refractivity contribution in [3.05, 3.63) is 59.2 Å². The number of carbonyl (C=O) groups is 1. The third-order valence-corrected chi connectivity index (χ3v) is 5.00. The highest BCUT2D eigenvalue weighted by molar-refractivity contribution is 6.30. The fourth-order valence-electron chi connectivity index (χ4n) is 3.41. The molecule has 0 radical (unpaired) electrons. The average Bonchev–Trinajstić information content (AvgIpc) is 2.67. The van der Waals surface area contributed by atoms with Gasteiger partial charge in [-0.1, -0.05) is 41.9 Å². The summed E-state index contributed by atoms with van der Waals surface area (Å²) in [5.41, 5.74) is 0.702. The molecule has 1 aliphatic rings. The molecule has 1 fully saturated rings. The molecule has 0 aliphatic carbocycles. The second kappa shape index (κ2) is 8.82. The molecule has 0 bridgehead atoms. The van der Waals surface area contributed by atoms with Gasteiger partial charge in [-0.05, 0) is 38.8 Å². The van der Waals surface area contributed by atoms with Crippen molar-refractivity contribution in [1.82, 2.24) is 9.88 Å². The molecule has 6 heteroatoms. The number of amides is 1. The molecule has 1 aromatic carbocycles. The first-order chi connectivity index (χ1) is 13.3. The summed E-state index contributed by atoms with van der Waals surface area (Å²) in [4.78, 5) is 18.6. The van der Waals surface area contributed by atoms with Crippen molar-refractivity contribution >= 4 is 17.7 Å². The molecule has 2 heterocycles. The molecule has 1 amide bonds. The monoisotopic (exact) mass is 402 g/mol. The van der Waals surface area contributed by atoms with Gasteiger partial charge in [0.25, 0.3) is 0 Å². The molecule has 3 rings (SSSR count). The van der Waals surface area contributed by atoms with Gasteiger partial charge in [0.1, 0.15) is 5.60 Å². The first-order valence-corrected chi connectivity index (χ1v) is 9.97. The fourth-order valence-corrected chi connectivity index (χ4v) is 3.52.